The fourth-order valence-electron chi connectivity index (χ4n) is 3.00. The van der Waals surface area contributed by atoms with Crippen LogP contribution in [0.25, 0.3) is 0 Å². The Morgan fingerprint density at radius 3 is 2.00 bits per heavy atom. The number of phenols is 2. The third-order valence-corrected chi connectivity index (χ3v) is 5.31. The molecule has 0 heterocycles. The molecule has 0 bridgehead atoms. The van der Waals surface area contributed by atoms with E-state index in [1.807, 2.05) is 0 Å². The number of benzene rings is 3. The van der Waals surface area contributed by atoms with Gasteiger partial charge in [0.2, 0.25) is 0 Å². The van der Waals surface area contributed by atoms with Crippen LogP contribution in [0, 0.1) is 0 Å². The summed E-state index contributed by atoms with van der Waals surface area (Å²) in [5, 5.41) is 19.8. The van der Waals surface area contributed by atoms with Crippen LogP contribution < -0.4 is 5.73 Å². The fourth-order valence-corrected chi connectivity index (χ4v) is 3.91. The first-order valence-electron chi connectivity index (χ1n) is 7.78. The lowest BCUT2D eigenvalue weighted by molar-refractivity contribution is 0.0977. The number of hydrogen-bond acceptors (Lipinski definition) is 6. The van der Waals surface area contributed by atoms with E-state index >= 15 is 0 Å². The highest BCUT2D eigenvalue weighted by molar-refractivity contribution is 7.99. The van der Waals surface area contributed by atoms with Gasteiger partial charge < -0.3 is 15.9 Å². The Morgan fingerprint density at radius 1 is 0.808 bits per heavy atom. The lowest BCUT2D eigenvalue weighted by Crippen LogP contribution is -2.22. The molecular formula is C20H13NO4S. The molecule has 0 amide bonds. The summed E-state index contributed by atoms with van der Waals surface area (Å²) < 4.78 is 0. The van der Waals surface area contributed by atoms with Gasteiger partial charge in [-0.05, 0) is 30.3 Å². The standard InChI is InChI=1S/C20H13NO4S/c21-18-15(26-11-7-5-10(22)6-8-11)9-14(23)16-17(18)20(25)13-4-2-1-3-12(13)19(16)24/h1-9,22-23H,21H2. The first-order chi connectivity index (χ1) is 12.5. The average Bonchev–Trinajstić information content (AvgIpc) is 2.64. The van der Waals surface area contributed by atoms with Gasteiger partial charge in [-0.3, -0.25) is 9.59 Å². The quantitative estimate of drug-likeness (QED) is 0.372. The molecule has 0 spiro atoms. The highest BCUT2D eigenvalue weighted by Gasteiger charge is 2.34. The number of nitrogen functional groups attached to an aromatic ring is 1. The van der Waals surface area contributed by atoms with E-state index in [9.17, 15) is 19.8 Å². The molecule has 128 valence electrons. The Morgan fingerprint density at radius 2 is 1.38 bits per heavy atom. The molecular weight excluding hydrogens is 350 g/mol. The maximum atomic E-state index is 12.9. The van der Waals surface area contributed by atoms with Gasteiger partial charge in [0.15, 0.2) is 11.6 Å². The van der Waals surface area contributed by atoms with Gasteiger partial charge in [-0.2, -0.15) is 0 Å². The van der Waals surface area contributed by atoms with Gasteiger partial charge >= 0.3 is 0 Å². The molecule has 6 heteroatoms. The van der Waals surface area contributed by atoms with Crippen LogP contribution in [0.2, 0.25) is 0 Å². The van der Waals surface area contributed by atoms with Gasteiger partial charge in [-0.1, -0.05) is 36.0 Å². The number of anilines is 1. The van der Waals surface area contributed by atoms with Gasteiger partial charge in [0.05, 0.1) is 16.8 Å². The number of hydrogen-bond donors (Lipinski definition) is 3. The Bertz CT molecular complexity index is 1070. The average molecular weight is 363 g/mol. The largest absolute Gasteiger partial charge is 0.508 e. The van der Waals surface area contributed by atoms with Crippen molar-refractivity contribution >= 4 is 29.0 Å². The minimum atomic E-state index is -0.416. The first-order valence-corrected chi connectivity index (χ1v) is 8.59. The van der Waals surface area contributed by atoms with Crippen LogP contribution in [0.4, 0.5) is 5.69 Å². The monoisotopic (exact) mass is 363 g/mol. The second-order valence-electron chi connectivity index (χ2n) is 5.86. The number of aromatic hydroxyl groups is 2. The van der Waals surface area contributed by atoms with E-state index in [2.05, 4.69) is 0 Å². The van der Waals surface area contributed by atoms with Gasteiger partial charge in [-0.25, -0.2) is 0 Å². The van der Waals surface area contributed by atoms with E-state index in [0.29, 0.717) is 4.90 Å². The first kappa shape index (κ1) is 16.2. The van der Waals surface area contributed by atoms with E-state index in [-0.39, 0.29) is 45.2 Å². The molecule has 4 N–H and O–H groups in total. The van der Waals surface area contributed by atoms with E-state index in [4.69, 9.17) is 5.73 Å². The van der Waals surface area contributed by atoms with Crippen molar-refractivity contribution in [2.24, 2.45) is 0 Å². The van der Waals surface area contributed by atoms with Crippen molar-refractivity contribution in [2.75, 3.05) is 5.73 Å². The Balaban J connectivity index is 1.87. The molecule has 0 saturated carbocycles. The summed E-state index contributed by atoms with van der Waals surface area (Å²) in [6.07, 6.45) is 0. The number of carbonyl (C=O) groups excluding carboxylic acids is 2. The Hall–Kier alpha value is -3.25. The van der Waals surface area contributed by atoms with E-state index in [1.54, 1.807) is 36.4 Å². The van der Waals surface area contributed by atoms with Crippen molar-refractivity contribution in [3.05, 3.63) is 76.9 Å². The maximum absolute atomic E-state index is 12.9. The van der Waals surface area contributed by atoms with Crippen LogP contribution in [-0.2, 0) is 0 Å². The minimum absolute atomic E-state index is 0.0370. The molecule has 1 aliphatic rings. The number of carbonyl (C=O) groups is 2. The number of rotatable bonds is 2. The maximum Gasteiger partial charge on any atom is 0.198 e. The zero-order valence-corrected chi connectivity index (χ0v) is 14.2. The topological polar surface area (TPSA) is 101 Å². The smallest absolute Gasteiger partial charge is 0.198 e. The predicted octanol–water partition coefficient (Wildman–Crippen LogP) is 3.61. The van der Waals surface area contributed by atoms with Crippen molar-refractivity contribution in [2.45, 2.75) is 9.79 Å². The molecule has 0 aliphatic heterocycles. The van der Waals surface area contributed by atoms with Crippen LogP contribution >= 0.6 is 11.8 Å². The predicted molar refractivity (Wildman–Crippen MR) is 98.1 cm³/mol. The van der Waals surface area contributed by atoms with Crippen LogP contribution in [0.1, 0.15) is 31.8 Å². The second kappa shape index (κ2) is 5.93. The molecule has 0 radical (unpaired) electrons. The van der Waals surface area contributed by atoms with Crippen molar-refractivity contribution in [3.8, 4) is 11.5 Å². The number of nitrogens with two attached hydrogens (primary N) is 1. The van der Waals surface area contributed by atoms with Gasteiger partial charge in [0.1, 0.15) is 11.5 Å². The summed E-state index contributed by atoms with van der Waals surface area (Å²) in [7, 11) is 0. The molecule has 4 rings (SSSR count). The molecule has 0 saturated heterocycles. The Kier molecular flexibility index (Phi) is 3.70. The SMILES string of the molecule is Nc1c(Sc2ccc(O)cc2)cc(O)c2c1C(=O)c1ccccc1C2=O. The molecule has 5 nitrogen and oxygen atoms in total. The van der Waals surface area contributed by atoms with E-state index in [0.717, 1.165) is 4.90 Å². The van der Waals surface area contributed by atoms with Gasteiger partial charge in [0, 0.05) is 20.9 Å². The molecule has 0 aromatic heterocycles. The van der Waals surface area contributed by atoms with E-state index < -0.39 is 5.78 Å². The van der Waals surface area contributed by atoms with Gasteiger partial charge in [0.25, 0.3) is 0 Å². The zero-order valence-electron chi connectivity index (χ0n) is 13.4. The Labute approximate surface area is 153 Å². The van der Waals surface area contributed by atoms with Gasteiger partial charge in [-0.15, -0.1) is 0 Å². The zero-order chi connectivity index (χ0) is 18.4. The lowest BCUT2D eigenvalue weighted by atomic mass is 9.83. The third-order valence-electron chi connectivity index (χ3n) is 4.24. The minimum Gasteiger partial charge on any atom is -0.508 e. The summed E-state index contributed by atoms with van der Waals surface area (Å²) in [6.45, 7) is 0. The lowest BCUT2D eigenvalue weighted by Gasteiger charge is -2.21. The second-order valence-corrected chi connectivity index (χ2v) is 6.97. The van der Waals surface area contributed by atoms with Crippen LogP contribution in [0.5, 0.6) is 11.5 Å². The summed E-state index contributed by atoms with van der Waals surface area (Å²) in [6, 6.07) is 14.3. The normalized spacial score (nSPS) is 12.6. The summed E-state index contributed by atoms with van der Waals surface area (Å²) in [5.41, 5.74) is 6.89. The van der Waals surface area contributed by atoms with Crippen LogP contribution in [0.15, 0.2) is 64.4 Å². The number of ketones is 2. The summed E-state index contributed by atoms with van der Waals surface area (Å²) >= 11 is 1.23. The third kappa shape index (κ3) is 2.43. The van der Waals surface area contributed by atoms with Crippen molar-refractivity contribution in [1.82, 2.24) is 0 Å². The number of fused-ring (bicyclic) bond motifs is 2. The van der Waals surface area contributed by atoms with Crippen LogP contribution in [0.3, 0.4) is 0 Å². The highest BCUT2D eigenvalue weighted by atomic mass is 32.2. The molecule has 3 aromatic carbocycles. The summed E-state index contributed by atoms with van der Waals surface area (Å²) in [5.74, 6) is -0.937. The molecule has 0 atom stereocenters. The van der Waals surface area contributed by atoms with E-state index in [1.165, 1.54) is 30.0 Å². The molecule has 3 aromatic rings. The molecule has 26 heavy (non-hydrogen) atoms. The molecule has 1 aliphatic carbocycles. The molecule has 0 fully saturated rings. The van der Waals surface area contributed by atoms with Crippen molar-refractivity contribution in [1.29, 1.82) is 0 Å². The molecule has 0 unspecified atom stereocenters. The van der Waals surface area contributed by atoms with Crippen molar-refractivity contribution < 1.29 is 19.8 Å². The van der Waals surface area contributed by atoms with Crippen molar-refractivity contribution in [3.63, 3.8) is 0 Å². The van der Waals surface area contributed by atoms with Crippen LogP contribution in [-0.4, -0.2) is 21.8 Å². The fraction of sp³-hybridized carbons (Fsp3) is 0. The summed E-state index contributed by atoms with van der Waals surface area (Å²) in [4.78, 5) is 26.9. The highest BCUT2D eigenvalue weighted by Crippen LogP contribution is 2.43. The number of phenolic OH excluding ortho intramolecular Hbond substituents is 2.